The predicted molar refractivity (Wildman–Crippen MR) is 105 cm³/mol. The summed E-state index contributed by atoms with van der Waals surface area (Å²) in [5, 5.41) is 10.9. The normalized spacial score (nSPS) is 28.3. The molecule has 0 saturated heterocycles. The van der Waals surface area contributed by atoms with Crippen LogP contribution in [0.3, 0.4) is 0 Å². The minimum atomic E-state index is -1.66. The molecule has 0 radical (unpaired) electrons. The van der Waals surface area contributed by atoms with E-state index in [1.54, 1.807) is 0 Å². The van der Waals surface area contributed by atoms with E-state index in [2.05, 4.69) is 65.0 Å². The summed E-state index contributed by atoms with van der Waals surface area (Å²) in [5.74, 6) is 0.297. The highest BCUT2D eigenvalue weighted by molar-refractivity contribution is 6.73. The molecular formula is C21H34O2Si. The summed E-state index contributed by atoms with van der Waals surface area (Å²) in [6.45, 7) is 11.1. The Morgan fingerprint density at radius 3 is 2.17 bits per heavy atom. The maximum atomic E-state index is 10.9. The Labute approximate surface area is 149 Å². The quantitative estimate of drug-likeness (QED) is 0.689. The van der Waals surface area contributed by atoms with Crippen LogP contribution >= 0.6 is 0 Å². The lowest BCUT2D eigenvalue weighted by Crippen LogP contribution is -2.44. The maximum absolute atomic E-state index is 10.9. The molecule has 0 unspecified atom stereocenters. The summed E-state index contributed by atoms with van der Waals surface area (Å²) >= 11 is 0. The maximum Gasteiger partial charge on any atom is 0.192 e. The lowest BCUT2D eigenvalue weighted by Gasteiger charge is -2.37. The number of hydrogen-bond donors (Lipinski definition) is 1. The van der Waals surface area contributed by atoms with Crippen LogP contribution in [0, 0.1) is 11.8 Å². The molecule has 134 valence electrons. The second kappa shape index (κ2) is 8.46. The summed E-state index contributed by atoms with van der Waals surface area (Å²) in [6, 6.07) is 13.9. The summed E-state index contributed by atoms with van der Waals surface area (Å²) < 4.78 is 6.76. The standard InChI is InChI=1S/C21H34O2Si/c1-6-24(7-2,8-3)23-20-15-14-19(16(4)21(22)17(20)5)18-12-10-9-11-13-18/h9-14,16-17,20-22H,6-8,15H2,1-5H3/t16-,17+,20-,21-/m0/s1. The molecule has 1 aliphatic carbocycles. The second-order valence-corrected chi connectivity index (χ2v) is 12.0. The fourth-order valence-corrected chi connectivity index (χ4v) is 6.94. The number of hydrogen-bond acceptors (Lipinski definition) is 2. The van der Waals surface area contributed by atoms with Gasteiger partial charge in [0.1, 0.15) is 0 Å². The van der Waals surface area contributed by atoms with Crippen molar-refractivity contribution in [2.75, 3.05) is 0 Å². The first kappa shape index (κ1) is 19.4. The number of rotatable bonds is 6. The third-order valence-corrected chi connectivity index (χ3v) is 10.8. The van der Waals surface area contributed by atoms with E-state index in [1.165, 1.54) is 11.1 Å². The Balaban J connectivity index is 2.28. The highest BCUT2D eigenvalue weighted by Crippen LogP contribution is 2.37. The molecule has 4 atom stereocenters. The van der Waals surface area contributed by atoms with Crippen LogP contribution in [0.5, 0.6) is 0 Å². The van der Waals surface area contributed by atoms with Crippen LogP contribution in [0.2, 0.25) is 18.1 Å². The summed E-state index contributed by atoms with van der Waals surface area (Å²) in [7, 11) is -1.66. The van der Waals surface area contributed by atoms with Crippen LogP contribution in [-0.4, -0.2) is 25.6 Å². The van der Waals surface area contributed by atoms with Crippen LogP contribution in [0.25, 0.3) is 5.57 Å². The molecule has 0 bridgehead atoms. The van der Waals surface area contributed by atoms with Gasteiger partial charge in [0.15, 0.2) is 8.32 Å². The third-order valence-electron chi connectivity index (χ3n) is 6.14. The smallest absolute Gasteiger partial charge is 0.192 e. The molecule has 2 rings (SSSR count). The SMILES string of the molecule is CC[Si](CC)(CC)O[C@H]1CC=C(c2ccccc2)[C@H](C)[C@H](O)[C@@H]1C. The fourth-order valence-electron chi connectivity index (χ4n) is 3.99. The summed E-state index contributed by atoms with van der Waals surface area (Å²) in [5.41, 5.74) is 2.49. The summed E-state index contributed by atoms with van der Waals surface area (Å²) in [6.07, 6.45) is 3.00. The van der Waals surface area contributed by atoms with Crippen LogP contribution in [0.4, 0.5) is 0 Å². The van der Waals surface area contributed by atoms with Crippen molar-refractivity contribution < 1.29 is 9.53 Å². The molecule has 0 fully saturated rings. The van der Waals surface area contributed by atoms with Gasteiger partial charge in [0.25, 0.3) is 0 Å². The number of benzene rings is 1. The monoisotopic (exact) mass is 346 g/mol. The topological polar surface area (TPSA) is 29.5 Å². The van der Waals surface area contributed by atoms with Crippen LogP contribution < -0.4 is 0 Å². The molecule has 1 aliphatic rings. The molecule has 1 aromatic rings. The van der Waals surface area contributed by atoms with Crippen molar-refractivity contribution in [3.8, 4) is 0 Å². The fraction of sp³-hybridized carbons (Fsp3) is 0.619. The largest absolute Gasteiger partial charge is 0.413 e. The Kier molecular flexibility index (Phi) is 6.85. The molecule has 3 heteroatoms. The third kappa shape index (κ3) is 4.01. The minimum absolute atomic E-state index is 0.134. The van der Waals surface area contributed by atoms with Gasteiger partial charge in [-0.1, -0.05) is 71.0 Å². The van der Waals surface area contributed by atoms with Gasteiger partial charge >= 0.3 is 0 Å². The zero-order chi connectivity index (χ0) is 17.7. The van der Waals surface area contributed by atoms with Gasteiger partial charge in [-0.3, -0.25) is 0 Å². The van der Waals surface area contributed by atoms with Crippen molar-refractivity contribution >= 4 is 13.9 Å². The lowest BCUT2D eigenvalue weighted by molar-refractivity contribution is 0.0181. The van der Waals surface area contributed by atoms with E-state index in [1.807, 2.05) is 6.07 Å². The van der Waals surface area contributed by atoms with Gasteiger partial charge < -0.3 is 9.53 Å². The van der Waals surface area contributed by atoms with E-state index in [0.29, 0.717) is 0 Å². The molecule has 1 aromatic carbocycles. The minimum Gasteiger partial charge on any atom is -0.413 e. The molecule has 2 nitrogen and oxygen atoms in total. The van der Waals surface area contributed by atoms with Gasteiger partial charge in [-0.2, -0.15) is 0 Å². The molecule has 0 saturated carbocycles. The number of aliphatic hydroxyl groups excluding tert-OH is 1. The molecule has 0 heterocycles. The Morgan fingerprint density at radius 1 is 1.04 bits per heavy atom. The van der Waals surface area contributed by atoms with Crippen molar-refractivity contribution in [2.45, 2.75) is 71.4 Å². The first-order valence-corrected chi connectivity index (χ1v) is 12.1. The number of aliphatic hydroxyl groups is 1. The van der Waals surface area contributed by atoms with E-state index >= 15 is 0 Å². The van der Waals surface area contributed by atoms with Gasteiger partial charge in [-0.15, -0.1) is 0 Å². The molecule has 24 heavy (non-hydrogen) atoms. The van der Waals surface area contributed by atoms with E-state index < -0.39 is 8.32 Å². The molecule has 0 amide bonds. The molecule has 0 aromatic heterocycles. The Bertz CT molecular complexity index is 528. The van der Waals surface area contributed by atoms with Gasteiger partial charge in [-0.25, -0.2) is 0 Å². The van der Waals surface area contributed by atoms with Crippen LogP contribution in [0.15, 0.2) is 36.4 Å². The van der Waals surface area contributed by atoms with E-state index in [9.17, 15) is 5.11 Å². The molecule has 0 aliphatic heterocycles. The zero-order valence-corrected chi connectivity index (χ0v) is 17.0. The lowest BCUT2D eigenvalue weighted by atomic mass is 9.85. The van der Waals surface area contributed by atoms with Crippen molar-refractivity contribution in [1.29, 1.82) is 0 Å². The Morgan fingerprint density at radius 2 is 1.62 bits per heavy atom. The first-order chi connectivity index (χ1) is 11.5. The van der Waals surface area contributed by atoms with E-state index in [-0.39, 0.29) is 24.0 Å². The van der Waals surface area contributed by atoms with E-state index in [0.717, 1.165) is 24.6 Å². The highest BCUT2D eigenvalue weighted by atomic mass is 28.4. The molecular weight excluding hydrogens is 312 g/mol. The molecule has 1 N–H and O–H groups in total. The van der Waals surface area contributed by atoms with Gasteiger partial charge in [0.05, 0.1) is 12.2 Å². The first-order valence-electron chi connectivity index (χ1n) is 9.59. The average molecular weight is 347 g/mol. The van der Waals surface area contributed by atoms with Gasteiger partial charge in [0.2, 0.25) is 0 Å². The van der Waals surface area contributed by atoms with Gasteiger partial charge in [0, 0.05) is 11.8 Å². The average Bonchev–Trinajstić information content (AvgIpc) is 2.73. The Hall–Kier alpha value is -0.903. The summed E-state index contributed by atoms with van der Waals surface area (Å²) in [4.78, 5) is 0. The predicted octanol–water partition coefficient (Wildman–Crippen LogP) is 5.50. The van der Waals surface area contributed by atoms with Crippen molar-refractivity contribution in [3.05, 3.63) is 42.0 Å². The van der Waals surface area contributed by atoms with Gasteiger partial charge in [-0.05, 0) is 35.7 Å². The highest BCUT2D eigenvalue weighted by Gasteiger charge is 2.38. The van der Waals surface area contributed by atoms with Crippen molar-refractivity contribution in [3.63, 3.8) is 0 Å². The van der Waals surface area contributed by atoms with Crippen molar-refractivity contribution in [2.24, 2.45) is 11.8 Å². The van der Waals surface area contributed by atoms with E-state index in [4.69, 9.17) is 4.43 Å². The van der Waals surface area contributed by atoms with Crippen molar-refractivity contribution in [1.82, 2.24) is 0 Å². The van der Waals surface area contributed by atoms with Crippen LogP contribution in [0.1, 0.15) is 46.6 Å². The van der Waals surface area contributed by atoms with Crippen LogP contribution in [-0.2, 0) is 4.43 Å². The second-order valence-electron chi connectivity index (χ2n) is 7.30. The zero-order valence-electron chi connectivity index (χ0n) is 16.0. The molecule has 0 spiro atoms.